The number of hydrogen-bond acceptors (Lipinski definition) is 2. The molecule has 0 aromatic carbocycles. The Labute approximate surface area is 83.8 Å². The predicted molar refractivity (Wildman–Crippen MR) is 54.1 cm³/mol. The highest BCUT2D eigenvalue weighted by atomic mass is 16.2. The number of hydrogen-bond donors (Lipinski definition) is 0. The molecule has 14 heavy (non-hydrogen) atoms. The van der Waals surface area contributed by atoms with Crippen molar-refractivity contribution in [2.75, 3.05) is 6.54 Å². The van der Waals surface area contributed by atoms with Gasteiger partial charge in [-0.3, -0.25) is 9.78 Å². The van der Waals surface area contributed by atoms with Gasteiger partial charge in [-0.15, -0.1) is 0 Å². The minimum absolute atomic E-state index is 0.0712. The van der Waals surface area contributed by atoms with E-state index in [0.29, 0.717) is 5.69 Å². The van der Waals surface area contributed by atoms with Crippen molar-refractivity contribution in [2.45, 2.75) is 26.3 Å². The zero-order chi connectivity index (χ0) is 10.1. The third-order valence-corrected chi connectivity index (χ3v) is 2.60. The van der Waals surface area contributed by atoms with Gasteiger partial charge in [0.2, 0.25) is 0 Å². The second-order valence-electron chi connectivity index (χ2n) is 3.85. The average molecular weight is 190 g/mol. The summed E-state index contributed by atoms with van der Waals surface area (Å²) >= 11 is 0. The number of amides is 1. The summed E-state index contributed by atoms with van der Waals surface area (Å²) in [6.45, 7) is 4.88. The van der Waals surface area contributed by atoms with Gasteiger partial charge >= 0.3 is 0 Å². The van der Waals surface area contributed by atoms with Gasteiger partial charge in [-0.25, -0.2) is 0 Å². The molecule has 0 fully saturated rings. The Morgan fingerprint density at radius 1 is 1.50 bits per heavy atom. The third-order valence-electron chi connectivity index (χ3n) is 2.60. The molecule has 1 aliphatic rings. The van der Waals surface area contributed by atoms with E-state index in [1.165, 1.54) is 0 Å². The lowest BCUT2D eigenvalue weighted by molar-refractivity contribution is 0.0681. The Balaban J connectivity index is 2.37. The maximum atomic E-state index is 11.9. The zero-order valence-corrected chi connectivity index (χ0v) is 8.53. The molecule has 2 heterocycles. The second kappa shape index (κ2) is 3.40. The van der Waals surface area contributed by atoms with Crippen LogP contribution in [-0.2, 0) is 6.42 Å². The van der Waals surface area contributed by atoms with Crippen LogP contribution < -0.4 is 0 Å². The summed E-state index contributed by atoms with van der Waals surface area (Å²) in [7, 11) is 0. The fraction of sp³-hybridized carbons (Fsp3) is 0.455. The summed E-state index contributed by atoms with van der Waals surface area (Å²) in [6.07, 6.45) is 2.60. The van der Waals surface area contributed by atoms with Crippen molar-refractivity contribution in [3.8, 4) is 0 Å². The highest BCUT2D eigenvalue weighted by molar-refractivity contribution is 5.94. The monoisotopic (exact) mass is 190 g/mol. The number of fused-ring (bicyclic) bond motifs is 1. The van der Waals surface area contributed by atoms with E-state index in [1.807, 2.05) is 30.9 Å². The van der Waals surface area contributed by atoms with Gasteiger partial charge in [0.1, 0.15) is 5.69 Å². The normalized spacial score (nSPS) is 15.9. The van der Waals surface area contributed by atoms with Gasteiger partial charge < -0.3 is 4.90 Å². The Hall–Kier alpha value is -1.38. The Bertz CT molecular complexity index is 360. The molecule has 0 aliphatic carbocycles. The molecule has 74 valence electrons. The van der Waals surface area contributed by atoms with Crippen LogP contribution in [0.1, 0.15) is 29.9 Å². The van der Waals surface area contributed by atoms with Crippen molar-refractivity contribution in [1.29, 1.82) is 0 Å². The van der Waals surface area contributed by atoms with Crippen LogP contribution in [0.3, 0.4) is 0 Å². The summed E-state index contributed by atoms with van der Waals surface area (Å²) < 4.78 is 0. The number of carbonyl (C=O) groups excluding carboxylic acids is 1. The third kappa shape index (κ3) is 1.39. The lowest BCUT2D eigenvalue weighted by Crippen LogP contribution is -2.42. The van der Waals surface area contributed by atoms with E-state index in [-0.39, 0.29) is 11.9 Å². The maximum absolute atomic E-state index is 11.9. The lowest BCUT2D eigenvalue weighted by atomic mass is 10.0. The van der Waals surface area contributed by atoms with Crippen LogP contribution in [0.15, 0.2) is 18.3 Å². The van der Waals surface area contributed by atoms with Crippen molar-refractivity contribution >= 4 is 5.91 Å². The molecule has 0 saturated heterocycles. The van der Waals surface area contributed by atoms with Crippen LogP contribution in [0.5, 0.6) is 0 Å². The smallest absolute Gasteiger partial charge is 0.272 e. The molecule has 0 unspecified atom stereocenters. The van der Waals surface area contributed by atoms with Crippen LogP contribution in [0, 0.1) is 0 Å². The van der Waals surface area contributed by atoms with Crippen LogP contribution in [-0.4, -0.2) is 28.4 Å². The largest absolute Gasteiger partial charge is 0.335 e. The van der Waals surface area contributed by atoms with Gasteiger partial charge in [0, 0.05) is 18.8 Å². The molecule has 0 bridgehead atoms. The minimum Gasteiger partial charge on any atom is -0.335 e. The van der Waals surface area contributed by atoms with Gasteiger partial charge in [-0.1, -0.05) is 6.07 Å². The van der Waals surface area contributed by atoms with E-state index in [4.69, 9.17) is 0 Å². The first-order valence-corrected chi connectivity index (χ1v) is 4.95. The lowest BCUT2D eigenvalue weighted by Gasteiger charge is -2.30. The molecule has 1 aromatic heterocycles. The summed E-state index contributed by atoms with van der Waals surface area (Å²) in [4.78, 5) is 17.9. The van der Waals surface area contributed by atoms with Crippen LogP contribution >= 0.6 is 0 Å². The van der Waals surface area contributed by atoms with E-state index >= 15 is 0 Å². The van der Waals surface area contributed by atoms with E-state index in [1.54, 1.807) is 6.20 Å². The van der Waals surface area contributed by atoms with Crippen molar-refractivity contribution in [3.63, 3.8) is 0 Å². The quantitative estimate of drug-likeness (QED) is 0.672. The van der Waals surface area contributed by atoms with Gasteiger partial charge in [0.15, 0.2) is 0 Å². The van der Waals surface area contributed by atoms with Crippen molar-refractivity contribution in [2.24, 2.45) is 0 Å². The molecule has 0 atom stereocenters. The number of carbonyl (C=O) groups is 1. The standard InChI is InChI=1S/C11H14N2O/c1-8(2)13-7-5-9-4-3-6-12-10(9)11(13)14/h3-4,6,8H,5,7H2,1-2H3. The highest BCUT2D eigenvalue weighted by Crippen LogP contribution is 2.17. The SMILES string of the molecule is CC(C)N1CCc2cccnc2C1=O. The molecule has 1 amide bonds. The van der Waals surface area contributed by atoms with Gasteiger partial charge in [-0.2, -0.15) is 0 Å². The van der Waals surface area contributed by atoms with Crippen molar-refractivity contribution in [3.05, 3.63) is 29.6 Å². The Kier molecular flexibility index (Phi) is 2.23. The van der Waals surface area contributed by atoms with Gasteiger partial charge in [0.25, 0.3) is 5.91 Å². The minimum atomic E-state index is 0.0712. The summed E-state index contributed by atoms with van der Waals surface area (Å²) in [5.41, 5.74) is 1.71. The molecule has 1 aromatic rings. The molecular weight excluding hydrogens is 176 g/mol. The first-order valence-electron chi connectivity index (χ1n) is 4.95. The van der Waals surface area contributed by atoms with E-state index in [0.717, 1.165) is 18.5 Å². The summed E-state index contributed by atoms with van der Waals surface area (Å²) in [5.74, 6) is 0.0712. The molecule has 3 heteroatoms. The zero-order valence-electron chi connectivity index (χ0n) is 8.53. The predicted octanol–water partition coefficient (Wildman–Crippen LogP) is 1.49. The number of aromatic nitrogens is 1. The number of rotatable bonds is 1. The van der Waals surface area contributed by atoms with E-state index in [2.05, 4.69) is 4.98 Å². The van der Waals surface area contributed by atoms with Crippen LogP contribution in [0.25, 0.3) is 0 Å². The van der Waals surface area contributed by atoms with Crippen LogP contribution in [0.4, 0.5) is 0 Å². The van der Waals surface area contributed by atoms with E-state index in [9.17, 15) is 4.79 Å². The maximum Gasteiger partial charge on any atom is 0.272 e. The molecular formula is C11H14N2O. The van der Waals surface area contributed by atoms with Crippen molar-refractivity contribution < 1.29 is 4.79 Å². The molecule has 0 N–H and O–H groups in total. The first-order chi connectivity index (χ1) is 6.70. The molecule has 0 radical (unpaired) electrons. The van der Waals surface area contributed by atoms with Gasteiger partial charge in [-0.05, 0) is 31.9 Å². The fourth-order valence-electron chi connectivity index (χ4n) is 1.80. The molecule has 0 spiro atoms. The van der Waals surface area contributed by atoms with Crippen LogP contribution in [0.2, 0.25) is 0 Å². The Morgan fingerprint density at radius 2 is 2.29 bits per heavy atom. The summed E-state index contributed by atoms with van der Waals surface area (Å²) in [5, 5.41) is 0. The van der Waals surface area contributed by atoms with Crippen molar-refractivity contribution in [1.82, 2.24) is 9.88 Å². The molecule has 2 rings (SSSR count). The topological polar surface area (TPSA) is 33.2 Å². The first kappa shape index (κ1) is 9.19. The molecule has 1 aliphatic heterocycles. The number of pyridine rings is 1. The Morgan fingerprint density at radius 3 is 3.00 bits per heavy atom. The molecule has 0 saturated carbocycles. The highest BCUT2D eigenvalue weighted by Gasteiger charge is 2.26. The average Bonchev–Trinajstić information content (AvgIpc) is 2.18. The van der Waals surface area contributed by atoms with Gasteiger partial charge in [0.05, 0.1) is 0 Å². The summed E-state index contributed by atoms with van der Waals surface area (Å²) in [6, 6.07) is 4.13. The second-order valence-corrected chi connectivity index (χ2v) is 3.85. The molecule has 3 nitrogen and oxygen atoms in total. The van der Waals surface area contributed by atoms with E-state index < -0.39 is 0 Å². The fourth-order valence-corrected chi connectivity index (χ4v) is 1.80. The number of nitrogens with zero attached hydrogens (tertiary/aromatic N) is 2.